The highest BCUT2D eigenvalue weighted by Gasteiger charge is 2.65. The molecular weight excluding hydrogens is 492 g/mol. The van der Waals surface area contributed by atoms with Crippen LogP contribution >= 0.6 is 0 Å². The molecule has 3 aromatic carbocycles. The van der Waals surface area contributed by atoms with Gasteiger partial charge in [-0.15, -0.1) is 0 Å². The number of hydrogen-bond donors (Lipinski definition) is 3. The Morgan fingerprint density at radius 1 is 1.08 bits per heavy atom. The van der Waals surface area contributed by atoms with Crippen LogP contribution in [-0.2, 0) is 26.5 Å². The van der Waals surface area contributed by atoms with Gasteiger partial charge in [-0.2, -0.15) is 5.10 Å². The second-order valence-electron chi connectivity index (χ2n) is 9.83. The molecule has 0 unspecified atom stereocenters. The molecule has 10 heteroatoms. The Morgan fingerprint density at radius 3 is 2.76 bits per heavy atom. The zero-order valence-electron chi connectivity index (χ0n) is 20.2. The van der Waals surface area contributed by atoms with Gasteiger partial charge in [0.05, 0.1) is 41.5 Å². The summed E-state index contributed by atoms with van der Waals surface area (Å²) in [7, 11) is -0.118. The lowest BCUT2D eigenvalue weighted by molar-refractivity contribution is -0.118. The van der Waals surface area contributed by atoms with Crippen LogP contribution < -0.4 is 20.1 Å². The normalized spacial score (nSPS) is 22.5. The summed E-state index contributed by atoms with van der Waals surface area (Å²) in [4.78, 5) is 13.4. The van der Waals surface area contributed by atoms with E-state index in [0.717, 1.165) is 45.5 Å². The van der Waals surface area contributed by atoms with Crippen molar-refractivity contribution in [3.63, 3.8) is 0 Å². The molecule has 188 valence electrons. The standard InChI is InChI=1S/C27H24N4O5S/c1-35-16-4-6-20-18(11-16)27(26(32)29-20)13-19(27)14-3-5-17-21(9-14)30-31-25(17)28-22-10-15-7-8-37(33,34)24(15)12-23(22)36-2/h3-6,9-12,19H,7-8,13H2,1-2H3,(H,29,32)(H2,28,30,31)/t19-,27-/m0/s1. The van der Waals surface area contributed by atoms with Crippen molar-refractivity contribution in [2.24, 2.45) is 0 Å². The van der Waals surface area contributed by atoms with Gasteiger partial charge in [-0.05, 0) is 65.9 Å². The molecule has 3 aliphatic rings. The van der Waals surface area contributed by atoms with Gasteiger partial charge >= 0.3 is 0 Å². The smallest absolute Gasteiger partial charge is 0.235 e. The van der Waals surface area contributed by atoms with Crippen molar-refractivity contribution < 1.29 is 22.7 Å². The van der Waals surface area contributed by atoms with Gasteiger partial charge in [0.1, 0.15) is 11.5 Å². The molecule has 7 rings (SSSR count). The summed E-state index contributed by atoms with van der Waals surface area (Å²) in [5.74, 6) is 1.99. The van der Waals surface area contributed by atoms with Gasteiger partial charge < -0.3 is 20.1 Å². The first-order valence-electron chi connectivity index (χ1n) is 12.0. The van der Waals surface area contributed by atoms with E-state index in [9.17, 15) is 13.2 Å². The number of H-pyrrole nitrogens is 1. The van der Waals surface area contributed by atoms with Gasteiger partial charge in [-0.3, -0.25) is 9.89 Å². The van der Waals surface area contributed by atoms with Crippen LogP contribution in [0.2, 0.25) is 0 Å². The van der Waals surface area contributed by atoms with Crippen LogP contribution in [0, 0.1) is 0 Å². The van der Waals surface area contributed by atoms with E-state index in [2.05, 4.69) is 20.8 Å². The number of aryl methyl sites for hydroxylation is 1. The van der Waals surface area contributed by atoms with Crippen molar-refractivity contribution in [1.29, 1.82) is 0 Å². The van der Waals surface area contributed by atoms with E-state index in [4.69, 9.17) is 9.47 Å². The predicted molar refractivity (Wildman–Crippen MR) is 139 cm³/mol. The molecule has 2 atom stereocenters. The minimum atomic E-state index is -3.26. The van der Waals surface area contributed by atoms with Gasteiger partial charge in [0.25, 0.3) is 0 Å². The molecule has 1 fully saturated rings. The predicted octanol–water partition coefficient (Wildman–Crippen LogP) is 4.03. The SMILES string of the molecule is COc1ccc2c(c1)[C@]1(C[C@H]1c1ccc3c(Nc4cc5c(cc4OC)S(=O)(=O)CC5)n[nH]c3c1)C(=O)N2. The monoisotopic (exact) mass is 516 g/mol. The number of rotatable bonds is 5. The Morgan fingerprint density at radius 2 is 1.95 bits per heavy atom. The number of anilines is 3. The zero-order valence-corrected chi connectivity index (χ0v) is 21.0. The quantitative estimate of drug-likeness (QED) is 0.366. The average molecular weight is 517 g/mol. The van der Waals surface area contributed by atoms with Crippen molar-refractivity contribution >= 4 is 43.8 Å². The number of nitrogens with one attached hydrogen (secondary N) is 3. The third-order valence-corrected chi connectivity index (χ3v) is 9.71. The number of sulfone groups is 1. The second-order valence-corrected chi connectivity index (χ2v) is 11.9. The lowest BCUT2D eigenvalue weighted by Crippen LogP contribution is -2.21. The average Bonchev–Trinajstić information content (AvgIpc) is 3.31. The van der Waals surface area contributed by atoms with E-state index in [1.165, 1.54) is 7.11 Å². The van der Waals surface area contributed by atoms with Crippen molar-refractivity contribution in [1.82, 2.24) is 10.2 Å². The Balaban J connectivity index is 1.21. The van der Waals surface area contributed by atoms with Crippen molar-refractivity contribution in [3.05, 3.63) is 65.2 Å². The van der Waals surface area contributed by atoms with Crippen molar-refractivity contribution in [2.45, 2.75) is 29.1 Å². The lowest BCUT2D eigenvalue weighted by atomic mass is 9.91. The third kappa shape index (κ3) is 3.11. The highest BCUT2D eigenvalue weighted by Crippen LogP contribution is 2.65. The van der Waals surface area contributed by atoms with Crippen LogP contribution in [0.3, 0.4) is 0 Å². The molecule has 3 N–H and O–H groups in total. The van der Waals surface area contributed by atoms with Crippen LogP contribution in [0.1, 0.15) is 29.0 Å². The molecule has 2 aliphatic heterocycles. The largest absolute Gasteiger partial charge is 0.497 e. The fourth-order valence-corrected chi connectivity index (χ4v) is 7.44. The number of fused-ring (bicyclic) bond motifs is 4. The number of aromatic nitrogens is 2. The molecule has 0 bridgehead atoms. The molecule has 0 saturated heterocycles. The topological polar surface area (TPSA) is 122 Å². The third-order valence-electron chi connectivity index (χ3n) is 7.92. The fourth-order valence-electron chi connectivity index (χ4n) is 5.89. The number of nitrogens with zero attached hydrogens (tertiary/aromatic N) is 1. The van der Waals surface area contributed by atoms with Crippen LogP contribution in [0.4, 0.5) is 17.2 Å². The van der Waals surface area contributed by atoms with Gasteiger partial charge in [0.2, 0.25) is 5.91 Å². The summed E-state index contributed by atoms with van der Waals surface area (Å²) in [6, 6.07) is 15.2. The number of hydrogen-bond acceptors (Lipinski definition) is 7. The first-order valence-corrected chi connectivity index (χ1v) is 13.7. The number of aromatic amines is 1. The van der Waals surface area contributed by atoms with E-state index in [0.29, 0.717) is 28.6 Å². The summed E-state index contributed by atoms with van der Waals surface area (Å²) in [5, 5.41) is 14.8. The minimum absolute atomic E-state index is 0.0264. The van der Waals surface area contributed by atoms with Gasteiger partial charge in [0.15, 0.2) is 15.7 Å². The van der Waals surface area contributed by atoms with Crippen LogP contribution in [0.5, 0.6) is 11.5 Å². The number of amides is 1. The van der Waals surface area contributed by atoms with Gasteiger partial charge in [0, 0.05) is 23.1 Å². The summed E-state index contributed by atoms with van der Waals surface area (Å²) in [6.45, 7) is 0. The molecular formula is C27H24N4O5S. The molecule has 1 amide bonds. The van der Waals surface area contributed by atoms with E-state index in [-0.39, 0.29) is 17.6 Å². The fraction of sp³-hybridized carbons (Fsp3) is 0.259. The Labute approximate surface area is 213 Å². The summed E-state index contributed by atoms with van der Waals surface area (Å²) in [6.07, 6.45) is 1.21. The molecule has 1 spiro atoms. The Bertz CT molecular complexity index is 1750. The minimum Gasteiger partial charge on any atom is -0.497 e. The van der Waals surface area contributed by atoms with E-state index >= 15 is 0 Å². The first-order chi connectivity index (χ1) is 17.8. The summed E-state index contributed by atoms with van der Waals surface area (Å²) >= 11 is 0. The van der Waals surface area contributed by atoms with Crippen LogP contribution in [0.15, 0.2) is 53.4 Å². The van der Waals surface area contributed by atoms with E-state index in [1.807, 2.05) is 42.5 Å². The molecule has 0 radical (unpaired) electrons. The molecule has 4 aromatic rings. The molecule has 9 nitrogen and oxygen atoms in total. The highest BCUT2D eigenvalue weighted by atomic mass is 32.2. The number of methoxy groups -OCH3 is 2. The van der Waals surface area contributed by atoms with Crippen LogP contribution in [-0.4, -0.2) is 44.5 Å². The lowest BCUT2D eigenvalue weighted by Gasteiger charge is -2.12. The summed E-state index contributed by atoms with van der Waals surface area (Å²) < 4.78 is 35.5. The van der Waals surface area contributed by atoms with E-state index < -0.39 is 15.3 Å². The second kappa shape index (κ2) is 7.48. The highest BCUT2D eigenvalue weighted by molar-refractivity contribution is 7.91. The zero-order chi connectivity index (χ0) is 25.5. The van der Waals surface area contributed by atoms with Crippen molar-refractivity contribution in [3.8, 4) is 11.5 Å². The Hall–Kier alpha value is -4.05. The molecule has 1 aliphatic carbocycles. The number of ether oxygens (including phenoxy) is 2. The van der Waals surface area contributed by atoms with Crippen molar-refractivity contribution in [2.75, 3.05) is 30.6 Å². The van der Waals surface area contributed by atoms with Crippen LogP contribution in [0.25, 0.3) is 10.9 Å². The van der Waals surface area contributed by atoms with Gasteiger partial charge in [-0.1, -0.05) is 6.07 Å². The Kier molecular flexibility index (Phi) is 4.48. The molecule has 1 aromatic heterocycles. The first kappa shape index (κ1) is 22.2. The maximum atomic E-state index is 13.0. The molecule has 1 saturated carbocycles. The number of carbonyl (C=O) groups excluding carboxylic acids is 1. The maximum absolute atomic E-state index is 13.0. The number of benzene rings is 3. The summed E-state index contributed by atoms with van der Waals surface area (Å²) in [5.41, 5.74) is 4.60. The molecule has 3 heterocycles. The molecule has 37 heavy (non-hydrogen) atoms. The van der Waals surface area contributed by atoms with Gasteiger partial charge in [-0.25, -0.2) is 8.42 Å². The number of carbonyl (C=O) groups is 1. The maximum Gasteiger partial charge on any atom is 0.235 e. The van der Waals surface area contributed by atoms with E-state index in [1.54, 1.807) is 13.2 Å².